The number of pyridine rings is 1. The largest absolute Gasteiger partial charge is 0.363 e. The minimum absolute atomic E-state index is 0.161. The van der Waals surface area contributed by atoms with Crippen LogP contribution in [0.1, 0.15) is 31.4 Å². The van der Waals surface area contributed by atoms with E-state index in [1.54, 1.807) is 18.2 Å². The SMILES string of the molecule is CCCN1C(/C=C/c2ccccc2F)=NC(=C\c2ccc(N(C)C)nc2)/C1C. The molecule has 2 heterocycles. The first-order valence-corrected chi connectivity index (χ1v) is 9.62. The third-order valence-electron chi connectivity index (χ3n) is 4.76. The van der Waals surface area contributed by atoms with Crippen molar-refractivity contribution in [2.45, 2.75) is 26.3 Å². The van der Waals surface area contributed by atoms with Crippen LogP contribution in [0, 0.1) is 5.82 Å². The Bertz CT molecular complexity index is 897. The van der Waals surface area contributed by atoms with E-state index in [1.165, 1.54) is 6.07 Å². The standard InChI is InChI=1S/C23H27FN4/c1-5-14-28-17(2)21(15-18-10-12-22(25-16-18)27(3)4)26-23(28)13-11-19-8-6-7-9-20(19)24/h6-13,15-17H,5,14H2,1-4H3/b13-11+,21-15-. The average Bonchev–Trinajstić information content (AvgIpc) is 2.97. The number of aliphatic imine (C=N–C) groups is 1. The van der Waals surface area contributed by atoms with Gasteiger partial charge < -0.3 is 9.80 Å². The maximum absolute atomic E-state index is 13.9. The molecule has 0 fully saturated rings. The molecule has 0 N–H and O–H groups in total. The van der Waals surface area contributed by atoms with Crippen molar-refractivity contribution in [2.24, 2.45) is 4.99 Å². The van der Waals surface area contributed by atoms with E-state index in [9.17, 15) is 4.39 Å². The van der Waals surface area contributed by atoms with E-state index < -0.39 is 0 Å². The molecule has 146 valence electrons. The fraction of sp³-hybridized carbons (Fsp3) is 0.304. The van der Waals surface area contributed by atoms with Gasteiger partial charge in [-0.3, -0.25) is 0 Å². The molecular formula is C23H27FN4. The molecule has 0 spiro atoms. The maximum atomic E-state index is 13.9. The number of anilines is 1. The number of hydrogen-bond acceptors (Lipinski definition) is 4. The summed E-state index contributed by atoms with van der Waals surface area (Å²) >= 11 is 0. The summed E-state index contributed by atoms with van der Waals surface area (Å²) in [7, 11) is 3.95. The molecule has 0 amide bonds. The lowest BCUT2D eigenvalue weighted by atomic mass is 10.1. The summed E-state index contributed by atoms with van der Waals surface area (Å²) in [5, 5.41) is 0. The lowest BCUT2D eigenvalue weighted by Gasteiger charge is -2.23. The summed E-state index contributed by atoms with van der Waals surface area (Å²) in [6.45, 7) is 5.20. The molecule has 0 aliphatic carbocycles. The first-order chi connectivity index (χ1) is 13.5. The molecule has 1 aliphatic heterocycles. The van der Waals surface area contributed by atoms with E-state index in [1.807, 2.05) is 43.4 Å². The van der Waals surface area contributed by atoms with Gasteiger partial charge in [-0.25, -0.2) is 14.4 Å². The molecule has 5 heteroatoms. The summed E-state index contributed by atoms with van der Waals surface area (Å²) in [6, 6.07) is 11.0. The normalized spacial score (nSPS) is 18.2. The zero-order valence-electron chi connectivity index (χ0n) is 16.9. The quantitative estimate of drug-likeness (QED) is 0.720. The van der Waals surface area contributed by atoms with Gasteiger partial charge in [-0.05, 0) is 55.3 Å². The Labute approximate surface area is 166 Å². The van der Waals surface area contributed by atoms with Crippen LogP contribution in [0.5, 0.6) is 0 Å². The monoisotopic (exact) mass is 378 g/mol. The predicted molar refractivity (Wildman–Crippen MR) is 116 cm³/mol. The zero-order valence-corrected chi connectivity index (χ0v) is 16.9. The first kappa shape index (κ1) is 19.8. The van der Waals surface area contributed by atoms with Gasteiger partial charge in [0.15, 0.2) is 0 Å². The van der Waals surface area contributed by atoms with Crippen molar-refractivity contribution in [3.63, 3.8) is 0 Å². The Kier molecular flexibility index (Phi) is 6.24. The van der Waals surface area contributed by atoms with Gasteiger partial charge in [-0.2, -0.15) is 0 Å². The second-order valence-corrected chi connectivity index (χ2v) is 7.11. The van der Waals surface area contributed by atoms with Gasteiger partial charge in [-0.15, -0.1) is 0 Å². The van der Waals surface area contributed by atoms with Crippen LogP contribution >= 0.6 is 0 Å². The number of halogens is 1. The summed E-state index contributed by atoms with van der Waals surface area (Å²) in [4.78, 5) is 13.5. The molecule has 4 nitrogen and oxygen atoms in total. The minimum Gasteiger partial charge on any atom is -0.363 e. The molecule has 1 atom stereocenters. The van der Waals surface area contributed by atoms with E-state index in [2.05, 4.69) is 35.9 Å². The molecule has 2 aromatic rings. The van der Waals surface area contributed by atoms with Crippen LogP contribution in [0.15, 0.2) is 59.4 Å². The van der Waals surface area contributed by atoms with E-state index in [0.717, 1.165) is 35.9 Å². The van der Waals surface area contributed by atoms with Gasteiger partial charge in [0.2, 0.25) is 0 Å². The van der Waals surface area contributed by atoms with Crippen LogP contribution in [0.2, 0.25) is 0 Å². The summed E-state index contributed by atoms with van der Waals surface area (Å²) < 4.78 is 13.9. The number of aromatic nitrogens is 1. The molecular weight excluding hydrogens is 351 g/mol. The Morgan fingerprint density at radius 3 is 2.57 bits per heavy atom. The molecule has 0 bridgehead atoms. The highest BCUT2D eigenvalue weighted by Gasteiger charge is 2.26. The zero-order chi connectivity index (χ0) is 20.1. The van der Waals surface area contributed by atoms with Crippen LogP contribution < -0.4 is 4.90 Å². The van der Waals surface area contributed by atoms with Crippen LogP contribution in [-0.4, -0.2) is 42.4 Å². The van der Waals surface area contributed by atoms with E-state index in [0.29, 0.717) is 5.56 Å². The van der Waals surface area contributed by atoms with Crippen molar-refractivity contribution < 1.29 is 4.39 Å². The number of benzene rings is 1. The van der Waals surface area contributed by atoms with Gasteiger partial charge in [0, 0.05) is 32.4 Å². The Morgan fingerprint density at radius 2 is 1.93 bits per heavy atom. The van der Waals surface area contributed by atoms with Crippen LogP contribution in [-0.2, 0) is 0 Å². The first-order valence-electron chi connectivity index (χ1n) is 9.62. The van der Waals surface area contributed by atoms with Crippen LogP contribution in [0.25, 0.3) is 12.2 Å². The third kappa shape index (κ3) is 4.47. The minimum atomic E-state index is -0.227. The predicted octanol–water partition coefficient (Wildman–Crippen LogP) is 4.85. The number of nitrogens with zero attached hydrogens (tertiary/aromatic N) is 4. The van der Waals surface area contributed by atoms with Crippen molar-refractivity contribution in [1.82, 2.24) is 9.88 Å². The van der Waals surface area contributed by atoms with Crippen molar-refractivity contribution in [3.8, 4) is 0 Å². The fourth-order valence-electron chi connectivity index (χ4n) is 3.18. The molecule has 0 radical (unpaired) electrons. The van der Waals surface area contributed by atoms with Gasteiger partial charge in [0.25, 0.3) is 0 Å². The van der Waals surface area contributed by atoms with E-state index in [4.69, 9.17) is 4.99 Å². The highest BCUT2D eigenvalue weighted by atomic mass is 19.1. The lowest BCUT2D eigenvalue weighted by molar-refractivity contribution is 0.387. The highest BCUT2D eigenvalue weighted by Crippen LogP contribution is 2.25. The Hall–Kier alpha value is -2.95. The second-order valence-electron chi connectivity index (χ2n) is 7.11. The molecule has 3 rings (SSSR count). The summed E-state index contributed by atoms with van der Waals surface area (Å²) in [5.74, 6) is 1.56. The second kappa shape index (κ2) is 8.83. The van der Waals surface area contributed by atoms with Crippen molar-refractivity contribution in [3.05, 3.63) is 71.3 Å². The Morgan fingerprint density at radius 1 is 1.14 bits per heavy atom. The van der Waals surface area contributed by atoms with Gasteiger partial charge in [0.05, 0.1) is 11.7 Å². The fourth-order valence-corrected chi connectivity index (χ4v) is 3.18. The topological polar surface area (TPSA) is 31.7 Å². The number of rotatable bonds is 6. The van der Waals surface area contributed by atoms with Crippen molar-refractivity contribution >= 4 is 23.8 Å². The molecule has 0 saturated carbocycles. The van der Waals surface area contributed by atoms with Gasteiger partial charge in [0.1, 0.15) is 17.5 Å². The van der Waals surface area contributed by atoms with Crippen LogP contribution in [0.3, 0.4) is 0 Å². The average molecular weight is 378 g/mol. The molecule has 1 aliphatic rings. The summed E-state index contributed by atoms with van der Waals surface area (Å²) in [6.07, 6.45) is 8.65. The Balaban J connectivity index is 1.88. The smallest absolute Gasteiger partial charge is 0.130 e. The lowest BCUT2D eigenvalue weighted by Crippen LogP contribution is -2.33. The van der Waals surface area contributed by atoms with E-state index in [-0.39, 0.29) is 11.9 Å². The molecule has 0 saturated heterocycles. The molecule has 1 aromatic heterocycles. The van der Waals surface area contributed by atoms with E-state index >= 15 is 0 Å². The molecule has 28 heavy (non-hydrogen) atoms. The van der Waals surface area contributed by atoms with Gasteiger partial charge >= 0.3 is 0 Å². The van der Waals surface area contributed by atoms with Crippen molar-refractivity contribution in [1.29, 1.82) is 0 Å². The van der Waals surface area contributed by atoms with Gasteiger partial charge in [-0.1, -0.05) is 25.1 Å². The number of amidine groups is 1. The van der Waals surface area contributed by atoms with Crippen molar-refractivity contribution in [2.75, 3.05) is 25.5 Å². The molecule has 1 aromatic carbocycles. The summed E-state index contributed by atoms with van der Waals surface area (Å²) in [5.41, 5.74) is 2.57. The number of hydrogen-bond donors (Lipinski definition) is 0. The third-order valence-corrected chi connectivity index (χ3v) is 4.76. The molecule has 1 unspecified atom stereocenters. The maximum Gasteiger partial charge on any atom is 0.130 e. The van der Waals surface area contributed by atoms with Crippen LogP contribution in [0.4, 0.5) is 10.2 Å². The highest BCUT2D eigenvalue weighted by molar-refractivity contribution is 5.99.